The lowest BCUT2D eigenvalue weighted by Gasteiger charge is -2.12. The first-order chi connectivity index (χ1) is 14.6. The van der Waals surface area contributed by atoms with Crippen LogP contribution in [-0.4, -0.2) is 26.5 Å². The fraction of sp³-hybridized carbons (Fsp3) is 0.273. The number of hydrogen-bond acceptors (Lipinski definition) is 6. The third-order valence-electron chi connectivity index (χ3n) is 5.54. The number of benzene rings is 2. The average molecular weight is 420 g/mol. The van der Waals surface area contributed by atoms with Crippen LogP contribution < -0.4 is 16.2 Å². The van der Waals surface area contributed by atoms with Gasteiger partial charge in [-0.1, -0.05) is 42.4 Å². The van der Waals surface area contributed by atoms with Gasteiger partial charge in [-0.15, -0.1) is 5.10 Å². The summed E-state index contributed by atoms with van der Waals surface area (Å²) in [4.78, 5) is 30.6. The first-order valence-corrected chi connectivity index (χ1v) is 10.9. The van der Waals surface area contributed by atoms with Gasteiger partial charge in [-0.2, -0.15) is 4.52 Å². The number of nitrogens with one attached hydrogen (secondary N) is 2. The summed E-state index contributed by atoms with van der Waals surface area (Å²) in [6.45, 7) is 2.01. The van der Waals surface area contributed by atoms with E-state index >= 15 is 0 Å². The van der Waals surface area contributed by atoms with Crippen molar-refractivity contribution in [1.29, 1.82) is 0 Å². The van der Waals surface area contributed by atoms with Crippen molar-refractivity contribution >= 4 is 43.9 Å². The Labute approximate surface area is 176 Å². The van der Waals surface area contributed by atoms with E-state index in [4.69, 9.17) is 0 Å². The highest BCUT2D eigenvalue weighted by Gasteiger charge is 2.19. The zero-order chi connectivity index (χ0) is 20.7. The van der Waals surface area contributed by atoms with Crippen LogP contribution in [0.2, 0.25) is 0 Å². The van der Waals surface area contributed by atoms with Crippen molar-refractivity contribution in [1.82, 2.24) is 19.9 Å². The Hall–Kier alpha value is -3.26. The Bertz CT molecular complexity index is 1320. The van der Waals surface area contributed by atoms with Crippen LogP contribution in [0.25, 0.3) is 15.9 Å². The number of carbonyl (C=O) groups is 1. The van der Waals surface area contributed by atoms with Gasteiger partial charge >= 0.3 is 0 Å². The smallest absolute Gasteiger partial charge is 0.283 e. The molecule has 1 fully saturated rings. The van der Waals surface area contributed by atoms with Crippen LogP contribution in [0.3, 0.4) is 0 Å². The van der Waals surface area contributed by atoms with Crippen molar-refractivity contribution in [3.63, 3.8) is 0 Å². The molecular weight excluding hydrogens is 398 g/mol. The van der Waals surface area contributed by atoms with Crippen molar-refractivity contribution < 1.29 is 4.79 Å². The molecule has 2 heterocycles. The second-order valence-corrected chi connectivity index (χ2v) is 8.60. The number of para-hydroxylation sites is 1. The third kappa shape index (κ3) is 3.43. The van der Waals surface area contributed by atoms with E-state index in [9.17, 15) is 9.59 Å². The van der Waals surface area contributed by atoms with Gasteiger partial charge in [-0.25, -0.2) is 4.98 Å². The molecule has 2 aromatic heterocycles. The SMILES string of the molecule is Cc1ccccc1Nc1nn2c(=O)c3ccc(C(=O)NC4CCCC4)cc3nc2s1. The van der Waals surface area contributed by atoms with E-state index in [1.165, 1.54) is 15.9 Å². The molecule has 5 rings (SSSR count). The van der Waals surface area contributed by atoms with E-state index in [0.717, 1.165) is 36.9 Å². The normalized spacial score (nSPS) is 14.4. The molecule has 0 unspecified atom stereocenters. The molecule has 4 aromatic rings. The molecule has 30 heavy (non-hydrogen) atoms. The lowest BCUT2D eigenvalue weighted by molar-refractivity contribution is 0.0938. The molecule has 1 aliphatic carbocycles. The summed E-state index contributed by atoms with van der Waals surface area (Å²) in [7, 11) is 0. The number of nitrogens with zero attached hydrogens (tertiary/aromatic N) is 3. The second-order valence-electron chi connectivity index (χ2n) is 7.65. The van der Waals surface area contributed by atoms with E-state index in [-0.39, 0.29) is 17.5 Å². The van der Waals surface area contributed by atoms with Crippen molar-refractivity contribution in [2.24, 2.45) is 0 Å². The standard InChI is InChI=1S/C22H21N5O2S/c1-13-6-2-5-9-17(13)24-21-26-27-20(29)16-11-10-14(12-18(16)25-22(27)30-21)19(28)23-15-7-3-4-8-15/h2,5-6,9-12,15H,3-4,7-8H2,1H3,(H,23,28)(H,24,26). The zero-order valence-corrected chi connectivity index (χ0v) is 17.3. The number of carbonyl (C=O) groups excluding carboxylic acids is 1. The van der Waals surface area contributed by atoms with E-state index in [2.05, 4.69) is 20.7 Å². The molecule has 1 amide bonds. The van der Waals surface area contributed by atoms with E-state index in [1.807, 2.05) is 31.2 Å². The molecule has 0 radical (unpaired) electrons. The number of aromatic nitrogens is 3. The summed E-state index contributed by atoms with van der Waals surface area (Å²) in [6, 6.07) is 13.2. The molecule has 1 saturated carbocycles. The van der Waals surface area contributed by atoms with Crippen molar-refractivity contribution in [3.05, 3.63) is 63.9 Å². The molecule has 0 saturated heterocycles. The number of anilines is 2. The maximum Gasteiger partial charge on any atom is 0.283 e. The number of rotatable bonds is 4. The molecule has 0 aliphatic heterocycles. The Morgan fingerprint density at radius 1 is 1.17 bits per heavy atom. The van der Waals surface area contributed by atoms with E-state index in [1.54, 1.807) is 18.2 Å². The maximum atomic E-state index is 12.9. The lowest BCUT2D eigenvalue weighted by Crippen LogP contribution is -2.32. The first kappa shape index (κ1) is 18.7. The molecule has 2 N–H and O–H groups in total. The van der Waals surface area contributed by atoms with Gasteiger partial charge in [0, 0.05) is 17.3 Å². The van der Waals surface area contributed by atoms with Crippen LogP contribution in [0.5, 0.6) is 0 Å². The van der Waals surface area contributed by atoms with E-state index < -0.39 is 0 Å². The maximum absolute atomic E-state index is 12.9. The molecule has 1 aliphatic rings. The van der Waals surface area contributed by atoms with Crippen LogP contribution >= 0.6 is 11.3 Å². The van der Waals surface area contributed by atoms with Crippen molar-refractivity contribution in [3.8, 4) is 0 Å². The highest BCUT2D eigenvalue weighted by molar-refractivity contribution is 7.20. The fourth-order valence-corrected chi connectivity index (χ4v) is 4.68. The largest absolute Gasteiger partial charge is 0.349 e. The fourth-order valence-electron chi connectivity index (χ4n) is 3.87. The van der Waals surface area contributed by atoms with Crippen LogP contribution in [0, 0.1) is 6.92 Å². The van der Waals surface area contributed by atoms with Gasteiger partial charge in [0.1, 0.15) is 0 Å². The Kier molecular flexibility index (Phi) is 4.71. The van der Waals surface area contributed by atoms with Gasteiger partial charge in [0.25, 0.3) is 11.5 Å². The van der Waals surface area contributed by atoms with Gasteiger partial charge in [0.15, 0.2) is 0 Å². The quantitative estimate of drug-likeness (QED) is 0.521. The lowest BCUT2D eigenvalue weighted by atomic mass is 10.1. The molecule has 7 nitrogen and oxygen atoms in total. The van der Waals surface area contributed by atoms with Crippen molar-refractivity contribution in [2.75, 3.05) is 5.32 Å². The molecular formula is C22H21N5O2S. The predicted octanol–water partition coefficient (Wildman–Crippen LogP) is 4.03. The summed E-state index contributed by atoms with van der Waals surface area (Å²) in [5.74, 6) is -0.114. The Morgan fingerprint density at radius 3 is 2.77 bits per heavy atom. The minimum atomic E-state index is -0.244. The molecule has 0 atom stereocenters. The molecule has 0 spiro atoms. The molecule has 2 aromatic carbocycles. The van der Waals surface area contributed by atoms with Gasteiger partial charge in [0.05, 0.1) is 10.9 Å². The highest BCUT2D eigenvalue weighted by Crippen LogP contribution is 2.25. The van der Waals surface area contributed by atoms with Gasteiger partial charge < -0.3 is 10.6 Å². The highest BCUT2D eigenvalue weighted by atomic mass is 32.1. The summed E-state index contributed by atoms with van der Waals surface area (Å²) >= 11 is 1.30. The van der Waals surface area contributed by atoms with Crippen molar-refractivity contribution in [2.45, 2.75) is 38.6 Å². The van der Waals surface area contributed by atoms with Crippen LogP contribution in [-0.2, 0) is 0 Å². The molecule has 0 bridgehead atoms. The topological polar surface area (TPSA) is 88.4 Å². The third-order valence-corrected chi connectivity index (χ3v) is 6.36. The Balaban J connectivity index is 1.50. The Morgan fingerprint density at radius 2 is 1.97 bits per heavy atom. The average Bonchev–Trinajstić information content (AvgIpc) is 3.39. The number of hydrogen-bond donors (Lipinski definition) is 2. The monoisotopic (exact) mass is 419 g/mol. The van der Waals surface area contributed by atoms with Gasteiger partial charge in [-0.3, -0.25) is 9.59 Å². The second kappa shape index (κ2) is 7.53. The van der Waals surface area contributed by atoms with Crippen LogP contribution in [0.15, 0.2) is 47.3 Å². The predicted molar refractivity (Wildman–Crippen MR) is 119 cm³/mol. The van der Waals surface area contributed by atoms with Crippen LogP contribution in [0.1, 0.15) is 41.6 Å². The first-order valence-electron chi connectivity index (χ1n) is 10.1. The molecule has 152 valence electrons. The number of fused-ring (bicyclic) bond motifs is 2. The minimum Gasteiger partial charge on any atom is -0.349 e. The summed E-state index contributed by atoms with van der Waals surface area (Å²) in [5.41, 5.74) is 2.80. The zero-order valence-electron chi connectivity index (χ0n) is 16.5. The summed E-state index contributed by atoms with van der Waals surface area (Å²) < 4.78 is 1.31. The number of amides is 1. The molecule has 8 heteroatoms. The summed E-state index contributed by atoms with van der Waals surface area (Å²) in [5, 5.41) is 11.8. The van der Waals surface area contributed by atoms with Gasteiger partial charge in [0.2, 0.25) is 10.1 Å². The van der Waals surface area contributed by atoms with Crippen LogP contribution in [0.4, 0.5) is 10.8 Å². The van der Waals surface area contributed by atoms with E-state index in [0.29, 0.717) is 26.6 Å². The number of aryl methyl sites for hydroxylation is 1. The summed E-state index contributed by atoms with van der Waals surface area (Å²) in [6.07, 6.45) is 4.36. The van der Waals surface area contributed by atoms with Gasteiger partial charge in [-0.05, 0) is 49.6 Å². The minimum absolute atomic E-state index is 0.114.